The number of halogens is 1. The quantitative estimate of drug-likeness (QED) is 0.884. The van der Waals surface area contributed by atoms with E-state index in [0.717, 1.165) is 11.1 Å². The molecular weight excluding hydrogens is 348 g/mol. The Morgan fingerprint density at radius 1 is 1.21 bits per heavy atom. The van der Waals surface area contributed by atoms with Gasteiger partial charge in [0.05, 0.1) is 15.5 Å². The Bertz CT molecular complexity index is 866. The van der Waals surface area contributed by atoms with Crippen LogP contribution >= 0.6 is 11.6 Å². The van der Waals surface area contributed by atoms with Crippen LogP contribution in [0.4, 0.5) is 0 Å². The molecule has 0 spiro atoms. The van der Waals surface area contributed by atoms with Gasteiger partial charge in [-0.3, -0.25) is 4.79 Å². The van der Waals surface area contributed by atoms with E-state index >= 15 is 0 Å². The summed E-state index contributed by atoms with van der Waals surface area (Å²) >= 11 is 6.10. The summed E-state index contributed by atoms with van der Waals surface area (Å²) in [5.74, 6) is -0.337. The first-order valence-electron chi connectivity index (χ1n) is 7.29. The zero-order chi connectivity index (χ0) is 17.9. The van der Waals surface area contributed by atoms with Gasteiger partial charge in [-0.2, -0.15) is 0 Å². The summed E-state index contributed by atoms with van der Waals surface area (Å²) in [6.07, 6.45) is 0. The highest BCUT2D eigenvalue weighted by Gasteiger charge is 2.20. The topological polar surface area (TPSA) is 66.5 Å². The number of hydrogen-bond acceptors (Lipinski definition) is 3. The van der Waals surface area contributed by atoms with Crippen molar-refractivity contribution in [3.63, 3.8) is 0 Å². The van der Waals surface area contributed by atoms with E-state index in [1.807, 2.05) is 31.2 Å². The van der Waals surface area contributed by atoms with Crippen molar-refractivity contribution in [2.75, 3.05) is 14.1 Å². The van der Waals surface area contributed by atoms with E-state index in [0.29, 0.717) is 6.54 Å². The summed E-state index contributed by atoms with van der Waals surface area (Å²) in [5.41, 5.74) is 2.25. The van der Waals surface area contributed by atoms with Crippen LogP contribution in [0, 0.1) is 6.92 Å². The molecule has 7 heteroatoms. The molecule has 1 N–H and O–H groups in total. The molecule has 5 nitrogen and oxygen atoms in total. The maximum atomic E-state index is 12.7. The SMILES string of the molecule is CNS(=O)(=O)c1ccc(Cl)c(C(=O)N(C)Cc2ccccc2C)c1. The minimum atomic E-state index is -3.64. The minimum absolute atomic E-state index is 0.00189. The lowest BCUT2D eigenvalue weighted by Gasteiger charge is -2.19. The molecule has 128 valence electrons. The molecule has 0 atom stereocenters. The molecule has 0 fully saturated rings. The van der Waals surface area contributed by atoms with E-state index < -0.39 is 10.0 Å². The first kappa shape index (κ1) is 18.4. The molecule has 24 heavy (non-hydrogen) atoms. The highest BCUT2D eigenvalue weighted by molar-refractivity contribution is 7.89. The van der Waals surface area contributed by atoms with Crippen molar-refractivity contribution in [2.24, 2.45) is 0 Å². The van der Waals surface area contributed by atoms with Gasteiger partial charge >= 0.3 is 0 Å². The van der Waals surface area contributed by atoms with Crippen molar-refractivity contribution < 1.29 is 13.2 Å². The number of amides is 1. The van der Waals surface area contributed by atoms with E-state index in [2.05, 4.69) is 4.72 Å². The number of carbonyl (C=O) groups excluding carboxylic acids is 1. The fourth-order valence-electron chi connectivity index (χ4n) is 2.27. The second-order valence-corrected chi connectivity index (χ2v) is 7.73. The first-order valence-corrected chi connectivity index (χ1v) is 9.15. The van der Waals surface area contributed by atoms with Crippen molar-refractivity contribution in [2.45, 2.75) is 18.4 Å². The Kier molecular flexibility index (Phi) is 5.64. The van der Waals surface area contributed by atoms with E-state index in [1.54, 1.807) is 7.05 Å². The summed E-state index contributed by atoms with van der Waals surface area (Å²) in [6.45, 7) is 2.38. The van der Waals surface area contributed by atoms with E-state index in [-0.39, 0.29) is 21.4 Å². The first-order chi connectivity index (χ1) is 11.3. The van der Waals surface area contributed by atoms with E-state index in [9.17, 15) is 13.2 Å². The molecule has 0 aliphatic rings. The molecule has 0 aliphatic heterocycles. The van der Waals surface area contributed by atoms with Gasteiger partial charge in [-0.1, -0.05) is 35.9 Å². The molecule has 0 radical (unpaired) electrons. The number of rotatable bonds is 5. The maximum Gasteiger partial charge on any atom is 0.255 e. The van der Waals surface area contributed by atoms with E-state index in [4.69, 9.17) is 11.6 Å². The van der Waals surface area contributed by atoms with Crippen LogP contribution in [0.2, 0.25) is 5.02 Å². The Morgan fingerprint density at radius 2 is 1.88 bits per heavy atom. The van der Waals surface area contributed by atoms with Crippen LogP contribution in [0.25, 0.3) is 0 Å². The summed E-state index contributed by atoms with van der Waals surface area (Å²) in [5, 5.41) is 0.215. The minimum Gasteiger partial charge on any atom is -0.337 e. The largest absolute Gasteiger partial charge is 0.337 e. The maximum absolute atomic E-state index is 12.7. The number of carbonyl (C=O) groups is 1. The number of nitrogens with one attached hydrogen (secondary N) is 1. The highest BCUT2D eigenvalue weighted by Crippen LogP contribution is 2.22. The Balaban J connectivity index is 2.32. The average Bonchev–Trinajstić information content (AvgIpc) is 2.56. The van der Waals surface area contributed by atoms with Crippen molar-refractivity contribution >= 4 is 27.5 Å². The lowest BCUT2D eigenvalue weighted by molar-refractivity contribution is 0.0785. The monoisotopic (exact) mass is 366 g/mol. The second kappa shape index (κ2) is 7.34. The molecule has 1 amide bonds. The summed E-state index contributed by atoms with van der Waals surface area (Å²) in [6, 6.07) is 11.8. The van der Waals surface area contributed by atoms with Crippen LogP contribution in [0.1, 0.15) is 21.5 Å². The van der Waals surface area contributed by atoms with Gasteiger partial charge in [-0.25, -0.2) is 13.1 Å². The molecule has 0 bridgehead atoms. The Hall–Kier alpha value is -1.89. The predicted octanol–water partition coefficient (Wildman–Crippen LogP) is 2.83. The van der Waals surface area contributed by atoms with E-state index in [1.165, 1.54) is 30.1 Å². The molecule has 0 aromatic heterocycles. The van der Waals surface area contributed by atoms with Gasteiger partial charge in [-0.05, 0) is 43.3 Å². The van der Waals surface area contributed by atoms with Gasteiger partial charge in [0, 0.05) is 13.6 Å². The molecule has 0 unspecified atom stereocenters. The normalized spacial score (nSPS) is 11.3. The highest BCUT2D eigenvalue weighted by atomic mass is 35.5. The van der Waals surface area contributed by atoms with Crippen LogP contribution < -0.4 is 4.72 Å². The number of nitrogens with zero attached hydrogens (tertiary/aromatic N) is 1. The lowest BCUT2D eigenvalue weighted by Crippen LogP contribution is -2.27. The van der Waals surface area contributed by atoms with Gasteiger partial charge in [0.2, 0.25) is 10.0 Å². The van der Waals surface area contributed by atoms with Crippen LogP contribution in [-0.4, -0.2) is 33.3 Å². The van der Waals surface area contributed by atoms with Crippen LogP contribution in [-0.2, 0) is 16.6 Å². The van der Waals surface area contributed by atoms with Crippen molar-refractivity contribution in [1.29, 1.82) is 0 Å². The Morgan fingerprint density at radius 3 is 2.50 bits per heavy atom. The summed E-state index contributed by atoms with van der Waals surface area (Å²) in [7, 11) is -0.669. The van der Waals surface area contributed by atoms with Crippen LogP contribution in [0.3, 0.4) is 0 Å². The fraction of sp³-hybridized carbons (Fsp3) is 0.235. The molecule has 0 saturated heterocycles. The van der Waals surface area contributed by atoms with Crippen molar-refractivity contribution in [3.8, 4) is 0 Å². The molecule has 2 aromatic rings. The number of aryl methyl sites for hydroxylation is 1. The third kappa shape index (κ3) is 3.95. The molecule has 2 aromatic carbocycles. The standard InChI is InChI=1S/C17H19ClN2O3S/c1-12-6-4-5-7-13(12)11-20(3)17(21)15-10-14(8-9-16(15)18)24(22,23)19-2/h4-10,19H,11H2,1-3H3. The second-order valence-electron chi connectivity index (χ2n) is 5.44. The third-order valence-corrected chi connectivity index (χ3v) is 5.50. The molecule has 0 saturated carbocycles. The van der Waals surface area contributed by atoms with Crippen LogP contribution in [0.15, 0.2) is 47.4 Å². The average molecular weight is 367 g/mol. The molecular formula is C17H19ClN2O3S. The van der Waals surface area contributed by atoms with Gasteiger partial charge < -0.3 is 4.90 Å². The van der Waals surface area contributed by atoms with Crippen molar-refractivity contribution in [3.05, 3.63) is 64.2 Å². The zero-order valence-corrected chi connectivity index (χ0v) is 15.3. The van der Waals surface area contributed by atoms with Crippen molar-refractivity contribution in [1.82, 2.24) is 9.62 Å². The number of sulfonamides is 1. The van der Waals surface area contributed by atoms with Crippen LogP contribution in [0.5, 0.6) is 0 Å². The lowest BCUT2D eigenvalue weighted by atomic mass is 10.1. The predicted molar refractivity (Wildman–Crippen MR) is 94.7 cm³/mol. The molecule has 2 rings (SSSR count). The molecule has 0 heterocycles. The van der Waals surface area contributed by atoms with Gasteiger partial charge in [0.1, 0.15) is 0 Å². The zero-order valence-electron chi connectivity index (χ0n) is 13.7. The third-order valence-electron chi connectivity index (χ3n) is 3.76. The van der Waals surface area contributed by atoms with Gasteiger partial charge in [0.25, 0.3) is 5.91 Å². The summed E-state index contributed by atoms with van der Waals surface area (Å²) in [4.78, 5) is 14.2. The Labute approximate surface area is 147 Å². The van der Waals surface area contributed by atoms with Gasteiger partial charge in [0.15, 0.2) is 0 Å². The smallest absolute Gasteiger partial charge is 0.255 e. The fourth-order valence-corrected chi connectivity index (χ4v) is 3.23. The summed E-state index contributed by atoms with van der Waals surface area (Å²) < 4.78 is 26.1. The van der Waals surface area contributed by atoms with Gasteiger partial charge in [-0.15, -0.1) is 0 Å². The number of benzene rings is 2. The molecule has 0 aliphatic carbocycles. The number of hydrogen-bond donors (Lipinski definition) is 1.